The molecule has 0 amide bonds. The second kappa shape index (κ2) is 7.17. The first-order valence-corrected chi connectivity index (χ1v) is 6.56. The Balaban J connectivity index is 0.00000162. The molecular formula is C13H20Cl2N2O. The summed E-state index contributed by atoms with van der Waals surface area (Å²) in [6, 6.07) is 2.53. The molecule has 1 fully saturated rings. The van der Waals surface area contributed by atoms with Gasteiger partial charge in [-0.3, -0.25) is 0 Å². The Kier molecular flexibility index (Phi) is 6.19. The van der Waals surface area contributed by atoms with Crippen LogP contribution >= 0.6 is 24.0 Å². The van der Waals surface area contributed by atoms with Gasteiger partial charge in [0.05, 0.1) is 6.20 Å². The molecule has 2 rings (SSSR count). The van der Waals surface area contributed by atoms with Crippen LogP contribution in [0.4, 0.5) is 0 Å². The first-order valence-electron chi connectivity index (χ1n) is 6.18. The summed E-state index contributed by atoms with van der Waals surface area (Å²) in [4.78, 5) is 6.49. The Morgan fingerprint density at radius 2 is 2.33 bits per heavy atom. The highest BCUT2D eigenvalue weighted by atomic mass is 35.5. The number of likely N-dealkylation sites (tertiary alicyclic amines) is 1. The Morgan fingerprint density at radius 3 is 2.94 bits per heavy atom. The molecule has 0 unspecified atom stereocenters. The monoisotopic (exact) mass is 290 g/mol. The minimum absolute atomic E-state index is 0. The van der Waals surface area contributed by atoms with Crippen LogP contribution in [0.15, 0.2) is 12.3 Å². The van der Waals surface area contributed by atoms with Gasteiger partial charge in [-0.1, -0.05) is 18.5 Å². The second-order valence-electron chi connectivity index (χ2n) is 4.56. The number of aryl methyl sites for hydroxylation is 1. The summed E-state index contributed by atoms with van der Waals surface area (Å²) < 4.78 is 5.80. The van der Waals surface area contributed by atoms with E-state index in [-0.39, 0.29) is 12.4 Å². The van der Waals surface area contributed by atoms with E-state index in [4.69, 9.17) is 16.3 Å². The van der Waals surface area contributed by atoms with E-state index < -0.39 is 0 Å². The van der Waals surface area contributed by atoms with E-state index in [0.29, 0.717) is 11.2 Å². The molecule has 1 atom stereocenters. The van der Waals surface area contributed by atoms with Gasteiger partial charge in [0.1, 0.15) is 17.5 Å². The van der Waals surface area contributed by atoms with Crippen LogP contribution in [-0.2, 0) is 6.42 Å². The van der Waals surface area contributed by atoms with E-state index in [1.165, 1.54) is 19.4 Å². The Bertz CT molecular complexity index is 387. The Hall–Kier alpha value is -0.510. The molecule has 1 aliphatic rings. The molecule has 0 N–H and O–H groups in total. The number of aromatic nitrogens is 1. The molecule has 102 valence electrons. The third kappa shape index (κ3) is 3.74. The molecule has 0 aliphatic carbocycles. The maximum Gasteiger partial charge on any atom is 0.138 e. The van der Waals surface area contributed by atoms with Crippen LogP contribution < -0.4 is 4.74 Å². The molecule has 18 heavy (non-hydrogen) atoms. The van der Waals surface area contributed by atoms with Gasteiger partial charge in [0.25, 0.3) is 0 Å². The van der Waals surface area contributed by atoms with E-state index in [0.717, 1.165) is 24.3 Å². The molecular weight excluding hydrogens is 271 g/mol. The fraction of sp³-hybridized carbons (Fsp3) is 0.615. The summed E-state index contributed by atoms with van der Waals surface area (Å²) in [6.45, 7) is 3.98. The second-order valence-corrected chi connectivity index (χ2v) is 4.92. The minimum Gasteiger partial charge on any atom is -0.490 e. The van der Waals surface area contributed by atoms with Crippen LogP contribution in [-0.4, -0.2) is 36.1 Å². The van der Waals surface area contributed by atoms with E-state index >= 15 is 0 Å². The fourth-order valence-corrected chi connectivity index (χ4v) is 2.42. The number of halogens is 2. The standard InChI is InChI=1S/C13H19ClN2O.ClH/c1-3-10-7-12(8-15-13(10)14)17-9-11-5-4-6-16(11)2;/h7-8,11H,3-6,9H2,1-2H3;1H/t11-;/m0./s1. The van der Waals surface area contributed by atoms with Gasteiger partial charge < -0.3 is 9.64 Å². The van der Waals surface area contributed by atoms with Gasteiger partial charge >= 0.3 is 0 Å². The van der Waals surface area contributed by atoms with Crippen molar-refractivity contribution in [1.82, 2.24) is 9.88 Å². The summed E-state index contributed by atoms with van der Waals surface area (Å²) in [6.07, 6.45) is 5.07. The Labute approximate surface area is 120 Å². The van der Waals surface area contributed by atoms with E-state index in [9.17, 15) is 0 Å². The molecule has 0 bridgehead atoms. The van der Waals surface area contributed by atoms with Crippen LogP contribution in [0.5, 0.6) is 5.75 Å². The highest BCUT2D eigenvalue weighted by Gasteiger charge is 2.21. The number of likely N-dealkylation sites (N-methyl/N-ethyl adjacent to an activating group) is 1. The third-order valence-electron chi connectivity index (χ3n) is 3.38. The van der Waals surface area contributed by atoms with Gasteiger partial charge in [0.2, 0.25) is 0 Å². The Morgan fingerprint density at radius 1 is 1.56 bits per heavy atom. The van der Waals surface area contributed by atoms with Gasteiger partial charge in [-0.2, -0.15) is 0 Å². The van der Waals surface area contributed by atoms with Crippen LogP contribution in [0, 0.1) is 0 Å². The highest BCUT2D eigenvalue weighted by molar-refractivity contribution is 6.30. The molecule has 0 spiro atoms. The molecule has 1 aromatic rings. The summed E-state index contributed by atoms with van der Waals surface area (Å²) in [7, 11) is 2.15. The van der Waals surface area contributed by atoms with Gasteiger partial charge in [-0.25, -0.2) is 4.98 Å². The van der Waals surface area contributed by atoms with Gasteiger partial charge in [-0.15, -0.1) is 12.4 Å². The van der Waals surface area contributed by atoms with E-state index in [1.807, 2.05) is 6.07 Å². The number of hydrogen-bond donors (Lipinski definition) is 0. The van der Waals surface area contributed by atoms with Crippen molar-refractivity contribution < 1.29 is 4.74 Å². The number of nitrogens with zero attached hydrogens (tertiary/aromatic N) is 2. The van der Waals surface area contributed by atoms with Crippen LogP contribution in [0.25, 0.3) is 0 Å². The summed E-state index contributed by atoms with van der Waals surface area (Å²) in [5.74, 6) is 0.826. The smallest absolute Gasteiger partial charge is 0.138 e. The maximum absolute atomic E-state index is 5.97. The van der Waals surface area contributed by atoms with Gasteiger partial charge in [0.15, 0.2) is 0 Å². The topological polar surface area (TPSA) is 25.4 Å². The highest BCUT2D eigenvalue weighted by Crippen LogP contribution is 2.21. The lowest BCUT2D eigenvalue weighted by atomic mass is 10.2. The number of rotatable bonds is 4. The quantitative estimate of drug-likeness (QED) is 0.797. The molecule has 0 saturated carbocycles. The third-order valence-corrected chi connectivity index (χ3v) is 3.72. The van der Waals surface area contributed by atoms with Crippen LogP contribution in [0.3, 0.4) is 0 Å². The van der Waals surface area contributed by atoms with E-state index in [1.54, 1.807) is 6.20 Å². The predicted molar refractivity (Wildman–Crippen MR) is 77.0 cm³/mol. The molecule has 1 aromatic heterocycles. The van der Waals surface area contributed by atoms with Crippen molar-refractivity contribution in [2.24, 2.45) is 0 Å². The average molecular weight is 291 g/mol. The SMILES string of the molecule is CCc1cc(OC[C@@H]2CCCN2C)cnc1Cl.Cl. The van der Waals surface area contributed by atoms with Crippen molar-refractivity contribution in [2.45, 2.75) is 32.2 Å². The largest absolute Gasteiger partial charge is 0.490 e. The lowest BCUT2D eigenvalue weighted by Crippen LogP contribution is -2.30. The lowest BCUT2D eigenvalue weighted by Gasteiger charge is -2.19. The minimum atomic E-state index is 0. The molecule has 1 aliphatic heterocycles. The summed E-state index contributed by atoms with van der Waals surface area (Å²) in [5, 5.41) is 0.581. The van der Waals surface area contributed by atoms with Crippen molar-refractivity contribution in [3.05, 3.63) is 23.0 Å². The van der Waals surface area contributed by atoms with E-state index in [2.05, 4.69) is 23.9 Å². The molecule has 0 aromatic carbocycles. The zero-order chi connectivity index (χ0) is 12.3. The van der Waals surface area contributed by atoms with Crippen LogP contribution in [0.1, 0.15) is 25.3 Å². The van der Waals surface area contributed by atoms with Crippen molar-refractivity contribution in [3.8, 4) is 5.75 Å². The maximum atomic E-state index is 5.97. The average Bonchev–Trinajstić information content (AvgIpc) is 2.74. The molecule has 1 saturated heterocycles. The van der Waals surface area contributed by atoms with Gasteiger partial charge in [0, 0.05) is 6.04 Å². The first kappa shape index (κ1) is 15.5. The normalized spacial score (nSPS) is 19.6. The predicted octanol–water partition coefficient (Wildman–Crippen LogP) is 3.19. The molecule has 2 heterocycles. The number of ether oxygens (including phenoxy) is 1. The molecule has 0 radical (unpaired) electrons. The number of hydrogen-bond acceptors (Lipinski definition) is 3. The zero-order valence-corrected chi connectivity index (χ0v) is 12.4. The van der Waals surface area contributed by atoms with Crippen molar-refractivity contribution in [2.75, 3.05) is 20.2 Å². The number of pyridine rings is 1. The zero-order valence-electron chi connectivity index (χ0n) is 10.9. The lowest BCUT2D eigenvalue weighted by molar-refractivity contribution is 0.197. The fourth-order valence-electron chi connectivity index (χ4n) is 2.18. The van der Waals surface area contributed by atoms with Crippen molar-refractivity contribution in [3.63, 3.8) is 0 Å². The van der Waals surface area contributed by atoms with Gasteiger partial charge in [-0.05, 0) is 44.5 Å². The van der Waals surface area contributed by atoms with Crippen LogP contribution in [0.2, 0.25) is 5.15 Å². The van der Waals surface area contributed by atoms with Crippen molar-refractivity contribution in [1.29, 1.82) is 0 Å². The summed E-state index contributed by atoms with van der Waals surface area (Å²) >= 11 is 5.97. The van der Waals surface area contributed by atoms with Crippen molar-refractivity contribution >= 4 is 24.0 Å². The molecule has 3 nitrogen and oxygen atoms in total. The summed E-state index contributed by atoms with van der Waals surface area (Å²) in [5.41, 5.74) is 1.05. The molecule has 5 heteroatoms. The first-order chi connectivity index (χ1) is 8.20.